The van der Waals surface area contributed by atoms with E-state index in [9.17, 15) is 4.79 Å². The molecule has 0 saturated heterocycles. The van der Waals surface area contributed by atoms with Crippen molar-refractivity contribution in [1.29, 1.82) is 0 Å². The van der Waals surface area contributed by atoms with Crippen LogP contribution in [0.25, 0.3) is 0 Å². The average molecular weight is 286 g/mol. The summed E-state index contributed by atoms with van der Waals surface area (Å²) in [6, 6.07) is 17.6. The molecule has 4 heteroatoms. The van der Waals surface area contributed by atoms with Crippen molar-refractivity contribution in [2.24, 2.45) is 0 Å². The predicted molar refractivity (Wildman–Crippen MR) is 84.5 cm³/mol. The van der Waals surface area contributed by atoms with Crippen LogP contribution in [0.1, 0.15) is 5.56 Å². The molecule has 0 saturated carbocycles. The summed E-state index contributed by atoms with van der Waals surface area (Å²) in [5.41, 5.74) is 7.51. The molecule has 0 fully saturated rings. The van der Waals surface area contributed by atoms with E-state index in [1.54, 1.807) is 4.90 Å². The minimum atomic E-state index is 0.121. The van der Waals surface area contributed by atoms with Crippen LogP contribution in [-0.4, -0.2) is 23.6 Å². The van der Waals surface area contributed by atoms with Gasteiger partial charge in [0.25, 0.3) is 0 Å². The third kappa shape index (κ3) is 4.31. The summed E-state index contributed by atoms with van der Waals surface area (Å²) in [6.45, 7) is 0.641. The van der Waals surface area contributed by atoms with E-state index in [0.29, 0.717) is 12.3 Å². The molecule has 2 aromatic rings. The molecule has 2 N–H and O–H groups in total. The van der Waals surface area contributed by atoms with Crippen LogP contribution in [0.15, 0.2) is 59.5 Å². The van der Waals surface area contributed by atoms with Crippen molar-refractivity contribution < 1.29 is 4.79 Å². The van der Waals surface area contributed by atoms with Gasteiger partial charge in [0, 0.05) is 24.2 Å². The number of carbonyl (C=O) groups excluding carboxylic acids is 1. The van der Waals surface area contributed by atoms with Gasteiger partial charge in [-0.15, -0.1) is 11.8 Å². The lowest BCUT2D eigenvalue weighted by Crippen LogP contribution is -2.27. The van der Waals surface area contributed by atoms with Gasteiger partial charge < -0.3 is 10.6 Å². The van der Waals surface area contributed by atoms with Crippen LogP contribution in [-0.2, 0) is 11.3 Å². The van der Waals surface area contributed by atoms with Crippen LogP contribution in [0.5, 0.6) is 0 Å². The second kappa shape index (κ2) is 7.01. The van der Waals surface area contributed by atoms with Crippen molar-refractivity contribution >= 4 is 23.4 Å². The van der Waals surface area contributed by atoms with E-state index in [0.717, 1.165) is 16.1 Å². The van der Waals surface area contributed by atoms with E-state index < -0.39 is 0 Å². The van der Waals surface area contributed by atoms with E-state index in [1.807, 2.05) is 61.6 Å². The molecule has 0 aliphatic heterocycles. The second-order valence-electron chi connectivity index (χ2n) is 4.59. The molecule has 0 spiro atoms. The Balaban J connectivity index is 1.83. The number of anilines is 1. The summed E-state index contributed by atoms with van der Waals surface area (Å²) in [6.07, 6.45) is 0. The Kier molecular flexibility index (Phi) is 5.07. The van der Waals surface area contributed by atoms with Crippen molar-refractivity contribution in [2.45, 2.75) is 11.4 Å². The highest BCUT2D eigenvalue weighted by Gasteiger charge is 2.09. The minimum Gasteiger partial charge on any atom is -0.399 e. The third-order valence-corrected chi connectivity index (χ3v) is 3.93. The van der Waals surface area contributed by atoms with Crippen molar-refractivity contribution in [2.75, 3.05) is 18.5 Å². The van der Waals surface area contributed by atoms with Crippen LogP contribution in [0.3, 0.4) is 0 Å². The summed E-state index contributed by atoms with van der Waals surface area (Å²) in [5.74, 6) is 0.559. The zero-order chi connectivity index (χ0) is 14.4. The molecule has 0 aliphatic rings. The van der Waals surface area contributed by atoms with E-state index in [4.69, 9.17) is 5.73 Å². The maximum Gasteiger partial charge on any atom is 0.232 e. The number of benzene rings is 2. The monoisotopic (exact) mass is 286 g/mol. The van der Waals surface area contributed by atoms with Gasteiger partial charge in [-0.1, -0.05) is 30.3 Å². The van der Waals surface area contributed by atoms with Crippen LogP contribution >= 0.6 is 11.8 Å². The van der Waals surface area contributed by atoms with E-state index >= 15 is 0 Å². The van der Waals surface area contributed by atoms with Gasteiger partial charge >= 0.3 is 0 Å². The smallest absolute Gasteiger partial charge is 0.232 e. The first kappa shape index (κ1) is 14.5. The Bertz CT molecular complexity index is 554. The van der Waals surface area contributed by atoms with Gasteiger partial charge in [0.05, 0.1) is 5.75 Å². The minimum absolute atomic E-state index is 0.121. The number of hydrogen-bond acceptors (Lipinski definition) is 3. The number of carbonyl (C=O) groups is 1. The summed E-state index contributed by atoms with van der Waals surface area (Å²) in [4.78, 5) is 14.9. The molecule has 0 atom stereocenters. The van der Waals surface area contributed by atoms with Gasteiger partial charge in [0.15, 0.2) is 0 Å². The van der Waals surface area contributed by atoms with Crippen molar-refractivity contribution in [1.82, 2.24) is 4.90 Å². The Hall–Kier alpha value is -1.94. The number of thioether (sulfide) groups is 1. The Morgan fingerprint density at radius 2 is 1.75 bits per heavy atom. The molecule has 0 aromatic heterocycles. The van der Waals surface area contributed by atoms with Crippen LogP contribution < -0.4 is 5.73 Å². The molecule has 20 heavy (non-hydrogen) atoms. The highest BCUT2D eigenvalue weighted by atomic mass is 32.2. The van der Waals surface area contributed by atoms with E-state index in [2.05, 4.69) is 0 Å². The average Bonchev–Trinajstić information content (AvgIpc) is 2.47. The molecule has 0 aliphatic carbocycles. The molecule has 2 aromatic carbocycles. The summed E-state index contributed by atoms with van der Waals surface area (Å²) < 4.78 is 0. The number of amides is 1. The molecule has 0 radical (unpaired) electrons. The molecule has 0 heterocycles. The van der Waals surface area contributed by atoms with Crippen LogP contribution in [0.2, 0.25) is 0 Å². The molecule has 3 nitrogen and oxygen atoms in total. The van der Waals surface area contributed by atoms with Gasteiger partial charge in [-0.3, -0.25) is 4.79 Å². The lowest BCUT2D eigenvalue weighted by Gasteiger charge is -2.17. The number of nitrogen functional groups attached to an aromatic ring is 1. The molecule has 2 rings (SSSR count). The summed E-state index contributed by atoms with van der Waals surface area (Å²) >= 11 is 1.53. The molecule has 1 amide bonds. The summed E-state index contributed by atoms with van der Waals surface area (Å²) in [7, 11) is 1.83. The Morgan fingerprint density at radius 3 is 2.40 bits per heavy atom. The lowest BCUT2D eigenvalue weighted by molar-refractivity contribution is -0.127. The topological polar surface area (TPSA) is 46.3 Å². The molecule has 0 unspecified atom stereocenters. The largest absolute Gasteiger partial charge is 0.399 e. The van der Waals surface area contributed by atoms with Gasteiger partial charge in [-0.25, -0.2) is 0 Å². The van der Waals surface area contributed by atoms with Crippen molar-refractivity contribution in [3.63, 3.8) is 0 Å². The Labute approximate surface area is 123 Å². The fourth-order valence-electron chi connectivity index (χ4n) is 1.76. The SMILES string of the molecule is CN(Cc1ccccc1)C(=O)CSc1ccc(N)cc1. The summed E-state index contributed by atoms with van der Waals surface area (Å²) in [5, 5.41) is 0. The van der Waals surface area contributed by atoms with E-state index in [-0.39, 0.29) is 5.91 Å². The molecule has 0 bridgehead atoms. The molecule has 104 valence electrons. The number of nitrogens with two attached hydrogens (primary N) is 1. The molecular formula is C16H18N2OS. The highest BCUT2D eigenvalue weighted by Crippen LogP contribution is 2.19. The fraction of sp³-hybridized carbons (Fsp3) is 0.188. The first-order valence-corrected chi connectivity index (χ1v) is 7.40. The number of rotatable bonds is 5. The van der Waals surface area contributed by atoms with E-state index in [1.165, 1.54) is 11.8 Å². The van der Waals surface area contributed by atoms with Crippen molar-refractivity contribution in [3.8, 4) is 0 Å². The first-order chi connectivity index (χ1) is 9.65. The fourth-order valence-corrected chi connectivity index (χ4v) is 2.60. The number of hydrogen-bond donors (Lipinski definition) is 1. The molecular weight excluding hydrogens is 268 g/mol. The predicted octanol–water partition coefficient (Wildman–Crippen LogP) is 3.02. The zero-order valence-electron chi connectivity index (χ0n) is 11.5. The third-order valence-electron chi connectivity index (χ3n) is 2.93. The standard InChI is InChI=1S/C16H18N2OS/c1-18(11-13-5-3-2-4-6-13)16(19)12-20-15-9-7-14(17)8-10-15/h2-10H,11-12,17H2,1H3. The van der Waals surface area contributed by atoms with Crippen molar-refractivity contribution in [3.05, 3.63) is 60.2 Å². The zero-order valence-corrected chi connectivity index (χ0v) is 12.3. The highest BCUT2D eigenvalue weighted by molar-refractivity contribution is 8.00. The van der Waals surface area contributed by atoms with Gasteiger partial charge in [0.1, 0.15) is 0 Å². The maximum absolute atomic E-state index is 12.1. The normalized spacial score (nSPS) is 10.2. The lowest BCUT2D eigenvalue weighted by atomic mass is 10.2. The second-order valence-corrected chi connectivity index (χ2v) is 5.64. The van der Waals surface area contributed by atoms with Crippen LogP contribution in [0, 0.1) is 0 Å². The van der Waals surface area contributed by atoms with Gasteiger partial charge in [0.2, 0.25) is 5.91 Å². The quantitative estimate of drug-likeness (QED) is 0.679. The van der Waals surface area contributed by atoms with Gasteiger partial charge in [-0.2, -0.15) is 0 Å². The van der Waals surface area contributed by atoms with Crippen LogP contribution in [0.4, 0.5) is 5.69 Å². The van der Waals surface area contributed by atoms with Gasteiger partial charge in [-0.05, 0) is 29.8 Å². The first-order valence-electron chi connectivity index (χ1n) is 6.41. The maximum atomic E-state index is 12.1. The number of nitrogens with zero attached hydrogens (tertiary/aromatic N) is 1. The Morgan fingerprint density at radius 1 is 1.10 bits per heavy atom.